The molecule has 0 radical (unpaired) electrons. The van der Waals surface area contributed by atoms with Crippen molar-refractivity contribution in [3.05, 3.63) is 52.2 Å². The SMILES string of the molecule is Cc1nc2c(c(N[C@H](C)c3cccc(C(F)F)c3F)n1)CN(C1(CF)CC1)C(=O)C2. The van der Waals surface area contributed by atoms with E-state index in [2.05, 4.69) is 15.3 Å². The van der Waals surface area contributed by atoms with E-state index in [4.69, 9.17) is 0 Å². The monoisotopic (exact) mass is 422 g/mol. The van der Waals surface area contributed by atoms with E-state index in [1.807, 2.05) is 0 Å². The molecule has 1 aromatic carbocycles. The van der Waals surface area contributed by atoms with Gasteiger partial charge < -0.3 is 10.2 Å². The van der Waals surface area contributed by atoms with Crippen molar-refractivity contribution in [3.8, 4) is 0 Å². The Bertz CT molecular complexity index is 993. The van der Waals surface area contributed by atoms with Gasteiger partial charge in [0.05, 0.1) is 35.8 Å². The fourth-order valence-corrected chi connectivity index (χ4v) is 3.98. The zero-order chi connectivity index (χ0) is 21.6. The zero-order valence-electron chi connectivity index (χ0n) is 16.7. The summed E-state index contributed by atoms with van der Waals surface area (Å²) >= 11 is 0. The van der Waals surface area contributed by atoms with Crippen molar-refractivity contribution >= 4 is 11.7 Å². The molecular weight excluding hydrogens is 400 g/mol. The van der Waals surface area contributed by atoms with E-state index in [0.717, 1.165) is 6.07 Å². The number of halogens is 4. The second kappa shape index (κ2) is 7.52. The van der Waals surface area contributed by atoms with Gasteiger partial charge in [0, 0.05) is 11.1 Å². The van der Waals surface area contributed by atoms with Gasteiger partial charge >= 0.3 is 0 Å². The van der Waals surface area contributed by atoms with Crippen LogP contribution in [0.25, 0.3) is 0 Å². The lowest BCUT2D eigenvalue weighted by Gasteiger charge is -2.35. The molecule has 1 N–H and O–H groups in total. The average Bonchev–Trinajstić information content (AvgIpc) is 3.48. The number of benzene rings is 1. The van der Waals surface area contributed by atoms with Crippen LogP contribution in [0.3, 0.4) is 0 Å². The van der Waals surface area contributed by atoms with Gasteiger partial charge in [0.2, 0.25) is 5.91 Å². The van der Waals surface area contributed by atoms with Gasteiger partial charge in [-0.3, -0.25) is 4.79 Å². The highest BCUT2D eigenvalue weighted by Gasteiger charge is 2.51. The van der Waals surface area contributed by atoms with E-state index in [1.165, 1.54) is 12.1 Å². The average molecular weight is 422 g/mol. The summed E-state index contributed by atoms with van der Waals surface area (Å²) in [6, 6.07) is 3.22. The van der Waals surface area contributed by atoms with E-state index < -0.39 is 36.1 Å². The van der Waals surface area contributed by atoms with E-state index in [9.17, 15) is 22.4 Å². The lowest BCUT2D eigenvalue weighted by Crippen LogP contribution is -2.47. The summed E-state index contributed by atoms with van der Waals surface area (Å²) in [5, 5.41) is 3.09. The van der Waals surface area contributed by atoms with Crippen molar-refractivity contribution in [2.45, 2.75) is 57.7 Å². The summed E-state index contributed by atoms with van der Waals surface area (Å²) in [6.07, 6.45) is -1.65. The first-order chi connectivity index (χ1) is 14.3. The molecule has 2 heterocycles. The zero-order valence-corrected chi connectivity index (χ0v) is 16.7. The molecule has 1 aromatic heterocycles. The van der Waals surface area contributed by atoms with Crippen molar-refractivity contribution in [1.29, 1.82) is 0 Å². The molecule has 1 fully saturated rings. The molecule has 5 nitrogen and oxygen atoms in total. The van der Waals surface area contributed by atoms with Crippen LogP contribution < -0.4 is 5.32 Å². The number of nitrogens with one attached hydrogen (secondary N) is 1. The number of hydrogen-bond acceptors (Lipinski definition) is 4. The van der Waals surface area contributed by atoms with Crippen molar-refractivity contribution < 1.29 is 22.4 Å². The largest absolute Gasteiger partial charge is 0.363 e. The molecular formula is C21H22F4N4O. The highest BCUT2D eigenvalue weighted by atomic mass is 19.3. The van der Waals surface area contributed by atoms with Crippen LogP contribution in [0.2, 0.25) is 0 Å². The van der Waals surface area contributed by atoms with Crippen molar-refractivity contribution in [3.63, 3.8) is 0 Å². The Balaban J connectivity index is 1.67. The number of carbonyl (C=O) groups excluding carboxylic acids is 1. The molecule has 2 aliphatic rings. The molecule has 30 heavy (non-hydrogen) atoms. The number of carbonyl (C=O) groups is 1. The summed E-state index contributed by atoms with van der Waals surface area (Å²) in [4.78, 5) is 22.9. The number of fused-ring (bicyclic) bond motifs is 1. The van der Waals surface area contributed by atoms with Crippen LogP contribution in [0.1, 0.15) is 60.4 Å². The molecule has 1 saturated carbocycles. The minimum absolute atomic E-state index is 0.0404. The Kier molecular flexibility index (Phi) is 5.15. The number of aryl methyl sites for hydroxylation is 1. The smallest absolute Gasteiger partial charge is 0.266 e. The van der Waals surface area contributed by atoms with Crippen LogP contribution in [-0.4, -0.2) is 33.0 Å². The van der Waals surface area contributed by atoms with Gasteiger partial charge in [-0.2, -0.15) is 0 Å². The van der Waals surface area contributed by atoms with E-state index in [1.54, 1.807) is 18.7 Å². The molecule has 160 valence electrons. The van der Waals surface area contributed by atoms with Gasteiger partial charge in [0.25, 0.3) is 6.43 Å². The topological polar surface area (TPSA) is 58.1 Å². The summed E-state index contributed by atoms with van der Waals surface area (Å²) < 4.78 is 54.3. The first-order valence-corrected chi connectivity index (χ1v) is 9.81. The van der Waals surface area contributed by atoms with Gasteiger partial charge in [0.1, 0.15) is 24.1 Å². The molecule has 0 unspecified atom stereocenters. The third-order valence-electron chi connectivity index (χ3n) is 5.90. The number of rotatable bonds is 6. The molecule has 2 aromatic rings. The van der Waals surface area contributed by atoms with Crippen LogP contribution in [0.4, 0.5) is 23.4 Å². The quantitative estimate of drug-likeness (QED) is 0.700. The minimum atomic E-state index is -2.92. The Morgan fingerprint density at radius 3 is 2.57 bits per heavy atom. The molecule has 4 rings (SSSR count). The highest BCUT2D eigenvalue weighted by molar-refractivity contribution is 5.82. The molecule has 1 amide bonds. The van der Waals surface area contributed by atoms with Crippen molar-refractivity contribution in [1.82, 2.24) is 14.9 Å². The molecule has 9 heteroatoms. The fourth-order valence-electron chi connectivity index (χ4n) is 3.98. The number of anilines is 1. The maximum Gasteiger partial charge on any atom is 0.266 e. The second-order valence-electron chi connectivity index (χ2n) is 7.98. The first-order valence-electron chi connectivity index (χ1n) is 9.81. The number of nitrogens with zero attached hydrogens (tertiary/aromatic N) is 3. The lowest BCUT2D eigenvalue weighted by atomic mass is 10.0. The van der Waals surface area contributed by atoms with Crippen LogP contribution in [-0.2, 0) is 17.8 Å². The van der Waals surface area contributed by atoms with Gasteiger partial charge in [0.15, 0.2) is 0 Å². The Labute approximate surface area is 171 Å². The molecule has 1 atom stereocenters. The molecule has 0 saturated heterocycles. The molecule has 1 aliphatic carbocycles. The van der Waals surface area contributed by atoms with Gasteiger partial charge in [-0.05, 0) is 26.7 Å². The first kappa shape index (κ1) is 20.6. The third kappa shape index (κ3) is 3.50. The standard InChI is InChI=1S/C21H22F4N4O/c1-11(13-4-3-5-14(18(13)23)19(24)25)26-20-15-9-29(21(10-22)6-7-21)17(30)8-16(15)27-12(2)28-20/h3-5,11,19H,6-10H2,1-2H3,(H,26,27,28)/t11-/m1/s1. The van der Waals surface area contributed by atoms with Gasteiger partial charge in [-0.15, -0.1) is 0 Å². The summed E-state index contributed by atoms with van der Waals surface area (Å²) in [5.74, 6) is -0.305. The van der Waals surface area contributed by atoms with Crippen LogP contribution >= 0.6 is 0 Å². The van der Waals surface area contributed by atoms with Gasteiger partial charge in [-0.1, -0.05) is 18.2 Å². The van der Waals surface area contributed by atoms with Gasteiger partial charge in [-0.25, -0.2) is 27.5 Å². The summed E-state index contributed by atoms with van der Waals surface area (Å²) in [5.41, 5.74) is -0.117. The normalized spacial score (nSPS) is 18.4. The fraction of sp³-hybridized carbons (Fsp3) is 0.476. The van der Waals surface area contributed by atoms with Crippen molar-refractivity contribution in [2.75, 3.05) is 12.0 Å². The number of hydrogen-bond donors (Lipinski definition) is 1. The Morgan fingerprint density at radius 2 is 1.93 bits per heavy atom. The predicted molar refractivity (Wildman–Crippen MR) is 102 cm³/mol. The number of aromatic nitrogens is 2. The Hall–Kier alpha value is -2.71. The summed E-state index contributed by atoms with van der Waals surface area (Å²) in [7, 11) is 0. The molecule has 0 bridgehead atoms. The maximum atomic E-state index is 14.6. The molecule has 1 aliphatic heterocycles. The maximum absolute atomic E-state index is 14.6. The lowest BCUT2D eigenvalue weighted by molar-refractivity contribution is -0.136. The van der Waals surface area contributed by atoms with E-state index in [-0.39, 0.29) is 24.4 Å². The van der Waals surface area contributed by atoms with E-state index >= 15 is 0 Å². The predicted octanol–water partition coefficient (Wildman–Crippen LogP) is 4.42. The van der Waals surface area contributed by atoms with Crippen LogP contribution in [0, 0.1) is 12.7 Å². The van der Waals surface area contributed by atoms with Crippen LogP contribution in [0.5, 0.6) is 0 Å². The van der Waals surface area contributed by atoms with E-state index in [0.29, 0.717) is 35.7 Å². The van der Waals surface area contributed by atoms with Crippen LogP contribution in [0.15, 0.2) is 18.2 Å². The molecule has 0 spiro atoms. The summed E-state index contributed by atoms with van der Waals surface area (Å²) in [6.45, 7) is 2.88. The second-order valence-corrected chi connectivity index (χ2v) is 7.98. The third-order valence-corrected chi connectivity index (χ3v) is 5.90. The number of alkyl halides is 3. The minimum Gasteiger partial charge on any atom is -0.363 e. The highest BCUT2D eigenvalue weighted by Crippen LogP contribution is 2.45. The Morgan fingerprint density at radius 1 is 1.23 bits per heavy atom. The van der Waals surface area contributed by atoms with Crippen molar-refractivity contribution in [2.24, 2.45) is 0 Å². The number of amides is 1.